The molecule has 0 radical (unpaired) electrons. The molecule has 4 aromatic rings. The maximum Gasteiger partial charge on any atom is 0.343 e. The molecule has 0 fully saturated rings. The molecule has 4 rings (SSSR count). The van der Waals surface area contributed by atoms with Crippen molar-refractivity contribution in [3.05, 3.63) is 113 Å². The van der Waals surface area contributed by atoms with Gasteiger partial charge in [0.15, 0.2) is 23.2 Å². The summed E-state index contributed by atoms with van der Waals surface area (Å²) in [5, 5.41) is 0. The SMILES string of the molecule is Cc1ccc(-c2ccc(C(=O)Oc3ccc(-c4ccccc4)c(F)c3F)cc2)c(F)c1F. The van der Waals surface area contributed by atoms with Gasteiger partial charge in [0.25, 0.3) is 0 Å². The molecule has 0 N–H and O–H groups in total. The van der Waals surface area contributed by atoms with Crippen LogP contribution in [0.2, 0.25) is 0 Å². The molecule has 32 heavy (non-hydrogen) atoms. The minimum Gasteiger partial charge on any atom is -0.420 e. The number of carbonyl (C=O) groups is 1. The number of hydrogen-bond donors (Lipinski definition) is 0. The van der Waals surface area contributed by atoms with Crippen molar-refractivity contribution in [2.75, 3.05) is 0 Å². The topological polar surface area (TPSA) is 26.3 Å². The smallest absolute Gasteiger partial charge is 0.343 e. The Bertz CT molecular complexity index is 1300. The summed E-state index contributed by atoms with van der Waals surface area (Å²) in [7, 11) is 0. The van der Waals surface area contributed by atoms with E-state index in [2.05, 4.69) is 0 Å². The molecule has 0 saturated heterocycles. The summed E-state index contributed by atoms with van der Waals surface area (Å²) in [6.07, 6.45) is 0. The summed E-state index contributed by atoms with van der Waals surface area (Å²) >= 11 is 0. The molecular weight excluding hydrogens is 420 g/mol. The third-order valence-corrected chi connectivity index (χ3v) is 5.04. The van der Waals surface area contributed by atoms with Gasteiger partial charge < -0.3 is 4.74 Å². The van der Waals surface area contributed by atoms with Gasteiger partial charge in [0.05, 0.1) is 5.56 Å². The first-order valence-corrected chi connectivity index (χ1v) is 9.67. The van der Waals surface area contributed by atoms with Crippen molar-refractivity contribution in [1.29, 1.82) is 0 Å². The number of ether oxygens (including phenoxy) is 1. The number of carbonyl (C=O) groups excluding carboxylic acids is 1. The standard InChI is InChI=1S/C26H16F4O2/c1-15-7-12-19(23(28)22(15)27)17-8-10-18(11-9-17)26(31)32-21-14-13-20(24(29)25(21)30)16-5-3-2-4-6-16/h2-14H,1H3. The van der Waals surface area contributed by atoms with Crippen molar-refractivity contribution >= 4 is 5.97 Å². The van der Waals surface area contributed by atoms with E-state index in [1.165, 1.54) is 55.5 Å². The lowest BCUT2D eigenvalue weighted by atomic mass is 10.0. The average molecular weight is 436 g/mol. The van der Waals surface area contributed by atoms with Crippen molar-refractivity contribution in [1.82, 2.24) is 0 Å². The number of rotatable bonds is 4. The van der Waals surface area contributed by atoms with Crippen molar-refractivity contribution in [3.8, 4) is 28.0 Å². The van der Waals surface area contributed by atoms with Crippen LogP contribution in [0.3, 0.4) is 0 Å². The summed E-state index contributed by atoms with van der Waals surface area (Å²) in [6, 6.07) is 19.3. The fourth-order valence-corrected chi connectivity index (χ4v) is 3.26. The lowest BCUT2D eigenvalue weighted by Gasteiger charge is -2.10. The summed E-state index contributed by atoms with van der Waals surface area (Å²) in [5.74, 6) is -5.82. The van der Waals surface area contributed by atoms with Crippen molar-refractivity contribution < 1.29 is 27.1 Å². The molecule has 6 heteroatoms. The Balaban J connectivity index is 1.56. The molecule has 0 atom stereocenters. The van der Waals surface area contributed by atoms with E-state index in [4.69, 9.17) is 4.74 Å². The molecule has 0 heterocycles. The van der Waals surface area contributed by atoms with Crippen LogP contribution in [0.15, 0.2) is 78.9 Å². The van der Waals surface area contributed by atoms with E-state index in [-0.39, 0.29) is 22.3 Å². The maximum absolute atomic E-state index is 14.5. The molecule has 0 aliphatic heterocycles. The zero-order valence-corrected chi connectivity index (χ0v) is 16.8. The van der Waals surface area contributed by atoms with Crippen LogP contribution in [0.25, 0.3) is 22.3 Å². The molecule has 0 aliphatic rings. The van der Waals surface area contributed by atoms with E-state index in [9.17, 15) is 22.4 Å². The molecular formula is C26H16F4O2. The monoisotopic (exact) mass is 436 g/mol. The van der Waals surface area contributed by atoms with Crippen molar-refractivity contribution in [2.45, 2.75) is 6.92 Å². The quantitative estimate of drug-likeness (QED) is 0.194. The van der Waals surface area contributed by atoms with Gasteiger partial charge >= 0.3 is 5.97 Å². The molecule has 160 valence electrons. The summed E-state index contributed by atoms with van der Waals surface area (Å²) < 4.78 is 62.0. The lowest BCUT2D eigenvalue weighted by Crippen LogP contribution is -2.10. The second-order valence-corrected chi connectivity index (χ2v) is 7.13. The van der Waals surface area contributed by atoms with Gasteiger partial charge in [-0.1, -0.05) is 54.6 Å². The Morgan fingerprint density at radius 1 is 0.625 bits per heavy atom. The van der Waals surface area contributed by atoms with Crippen LogP contribution in [0, 0.1) is 30.2 Å². The van der Waals surface area contributed by atoms with Gasteiger partial charge in [-0.15, -0.1) is 0 Å². The number of halogens is 4. The van der Waals surface area contributed by atoms with Crippen LogP contribution in [-0.4, -0.2) is 5.97 Å². The second-order valence-electron chi connectivity index (χ2n) is 7.13. The van der Waals surface area contributed by atoms with Crippen LogP contribution in [0.1, 0.15) is 15.9 Å². The highest BCUT2D eigenvalue weighted by Gasteiger charge is 2.19. The van der Waals surface area contributed by atoms with Gasteiger partial charge in [0.2, 0.25) is 5.82 Å². The molecule has 0 saturated carbocycles. The van der Waals surface area contributed by atoms with Crippen molar-refractivity contribution in [3.63, 3.8) is 0 Å². The third-order valence-electron chi connectivity index (χ3n) is 5.04. The summed E-state index contributed by atoms with van der Waals surface area (Å²) in [6.45, 7) is 1.45. The van der Waals surface area contributed by atoms with Crippen LogP contribution in [0.5, 0.6) is 5.75 Å². The first-order chi connectivity index (χ1) is 15.4. The maximum atomic E-state index is 14.5. The van der Waals surface area contributed by atoms with E-state index in [0.717, 1.165) is 0 Å². The molecule has 0 amide bonds. The zero-order chi connectivity index (χ0) is 22.8. The Kier molecular flexibility index (Phi) is 5.77. The van der Waals surface area contributed by atoms with Gasteiger partial charge in [-0.2, -0.15) is 4.39 Å². The Morgan fingerprint density at radius 2 is 1.19 bits per heavy atom. The molecule has 4 aromatic carbocycles. The van der Waals surface area contributed by atoms with Gasteiger partial charge in [0.1, 0.15) is 0 Å². The first kappa shape index (κ1) is 21.3. The molecule has 0 spiro atoms. The lowest BCUT2D eigenvalue weighted by molar-refractivity contribution is 0.0727. The second kappa shape index (κ2) is 8.67. The highest BCUT2D eigenvalue weighted by Crippen LogP contribution is 2.31. The van der Waals surface area contributed by atoms with Gasteiger partial charge in [0, 0.05) is 11.1 Å². The van der Waals surface area contributed by atoms with Crippen LogP contribution >= 0.6 is 0 Å². The highest BCUT2D eigenvalue weighted by molar-refractivity contribution is 5.91. The molecule has 0 unspecified atom stereocenters. The van der Waals surface area contributed by atoms with E-state index in [1.54, 1.807) is 30.3 Å². The molecule has 0 aromatic heterocycles. The Labute approximate surface area is 181 Å². The third kappa shape index (κ3) is 3.99. The van der Waals surface area contributed by atoms with E-state index >= 15 is 0 Å². The largest absolute Gasteiger partial charge is 0.420 e. The van der Waals surface area contributed by atoms with Gasteiger partial charge in [-0.3, -0.25) is 0 Å². The fourth-order valence-electron chi connectivity index (χ4n) is 3.26. The van der Waals surface area contributed by atoms with Gasteiger partial charge in [-0.05, 0) is 47.9 Å². The Morgan fingerprint density at radius 3 is 1.84 bits per heavy atom. The predicted molar refractivity (Wildman–Crippen MR) is 113 cm³/mol. The highest BCUT2D eigenvalue weighted by atomic mass is 19.2. The van der Waals surface area contributed by atoms with E-state index in [0.29, 0.717) is 11.1 Å². The van der Waals surface area contributed by atoms with Crippen molar-refractivity contribution in [2.24, 2.45) is 0 Å². The number of esters is 1. The average Bonchev–Trinajstić information content (AvgIpc) is 2.81. The molecule has 0 aliphatic carbocycles. The minimum atomic E-state index is -1.28. The molecule has 2 nitrogen and oxygen atoms in total. The Hall–Kier alpha value is -3.93. The van der Waals surface area contributed by atoms with E-state index < -0.39 is 35.0 Å². The van der Waals surface area contributed by atoms with Gasteiger partial charge in [-0.25, -0.2) is 18.0 Å². The summed E-state index contributed by atoms with van der Waals surface area (Å²) in [4.78, 5) is 12.4. The number of benzene rings is 4. The van der Waals surface area contributed by atoms with E-state index in [1.807, 2.05) is 0 Å². The fraction of sp³-hybridized carbons (Fsp3) is 0.0385. The minimum absolute atomic E-state index is 0.0358. The zero-order valence-electron chi connectivity index (χ0n) is 16.8. The van der Waals surface area contributed by atoms with Crippen LogP contribution in [0.4, 0.5) is 17.6 Å². The number of aryl methyl sites for hydroxylation is 1. The van der Waals surface area contributed by atoms with Crippen LogP contribution in [-0.2, 0) is 0 Å². The van der Waals surface area contributed by atoms with Crippen LogP contribution < -0.4 is 4.74 Å². The normalized spacial score (nSPS) is 10.8. The summed E-state index contributed by atoms with van der Waals surface area (Å²) in [5.41, 5.74) is 1.13. The molecule has 0 bridgehead atoms. The number of hydrogen-bond acceptors (Lipinski definition) is 2. The predicted octanol–water partition coefficient (Wildman–Crippen LogP) is 7.10. The first-order valence-electron chi connectivity index (χ1n) is 9.67.